The van der Waals surface area contributed by atoms with Gasteiger partial charge in [0.2, 0.25) is 5.78 Å². The monoisotopic (exact) mass is 368 g/mol. The van der Waals surface area contributed by atoms with Crippen molar-refractivity contribution in [3.63, 3.8) is 0 Å². The first kappa shape index (κ1) is 17.2. The van der Waals surface area contributed by atoms with Gasteiger partial charge in [-0.15, -0.1) is 0 Å². The van der Waals surface area contributed by atoms with Crippen LogP contribution in [0.1, 0.15) is 12.5 Å². The number of hydroxylamine groups is 1. The van der Waals surface area contributed by atoms with Crippen molar-refractivity contribution in [3.05, 3.63) is 64.4 Å². The van der Waals surface area contributed by atoms with Gasteiger partial charge in [0.05, 0.1) is 12.2 Å². The van der Waals surface area contributed by atoms with Gasteiger partial charge in [-0.2, -0.15) is 0 Å². The van der Waals surface area contributed by atoms with E-state index in [1.165, 1.54) is 7.05 Å². The van der Waals surface area contributed by atoms with Crippen LogP contribution in [0.5, 0.6) is 0 Å². The molecule has 1 aromatic carbocycles. The predicted molar refractivity (Wildman–Crippen MR) is 93.9 cm³/mol. The molecule has 0 amide bonds. The van der Waals surface area contributed by atoms with Gasteiger partial charge in [0.1, 0.15) is 11.3 Å². The normalized spacial score (nSPS) is 23.0. The molecule has 1 fully saturated rings. The van der Waals surface area contributed by atoms with Gasteiger partial charge in [-0.1, -0.05) is 30.3 Å². The first-order valence-corrected chi connectivity index (χ1v) is 8.56. The summed E-state index contributed by atoms with van der Waals surface area (Å²) in [7, 11) is 1.40. The van der Waals surface area contributed by atoms with Gasteiger partial charge >= 0.3 is 5.97 Å². The van der Waals surface area contributed by atoms with Gasteiger partial charge in [0.25, 0.3) is 5.71 Å². The quantitative estimate of drug-likeness (QED) is 0.378. The Hall–Kier alpha value is -3.19. The number of hydrogen-bond acceptors (Lipinski definition) is 6. The van der Waals surface area contributed by atoms with Crippen molar-refractivity contribution in [2.75, 3.05) is 20.4 Å². The molecular formula is C20H18NO6+. The van der Waals surface area contributed by atoms with Crippen LogP contribution in [0.3, 0.4) is 0 Å². The van der Waals surface area contributed by atoms with Crippen LogP contribution in [-0.2, 0) is 23.8 Å². The van der Waals surface area contributed by atoms with E-state index in [2.05, 4.69) is 0 Å². The number of ether oxygens (including phenoxy) is 3. The average Bonchev–Trinajstić information content (AvgIpc) is 3.25. The van der Waals surface area contributed by atoms with Crippen LogP contribution in [0.15, 0.2) is 58.9 Å². The Bertz CT molecular complexity index is 963. The van der Waals surface area contributed by atoms with Crippen molar-refractivity contribution in [2.45, 2.75) is 13.0 Å². The summed E-state index contributed by atoms with van der Waals surface area (Å²) in [4.78, 5) is 25.9. The van der Waals surface area contributed by atoms with E-state index in [4.69, 9.17) is 14.2 Å². The topological polar surface area (TPSA) is 85.1 Å². The Morgan fingerprint density at radius 1 is 1.30 bits per heavy atom. The van der Waals surface area contributed by atoms with Crippen molar-refractivity contribution in [3.8, 4) is 0 Å². The number of esters is 1. The third-order valence-electron chi connectivity index (χ3n) is 4.62. The van der Waals surface area contributed by atoms with E-state index in [0.29, 0.717) is 28.0 Å². The molecule has 3 aliphatic rings. The Morgan fingerprint density at radius 2 is 2.04 bits per heavy atom. The van der Waals surface area contributed by atoms with Crippen LogP contribution in [0.2, 0.25) is 0 Å². The second-order valence-corrected chi connectivity index (χ2v) is 6.22. The molecule has 1 heterocycles. The highest BCUT2D eigenvalue weighted by molar-refractivity contribution is 6.41. The third kappa shape index (κ3) is 2.59. The number of allylic oxidation sites excluding steroid dienone is 3. The molecule has 0 radical (unpaired) electrons. The molecular weight excluding hydrogens is 350 g/mol. The molecule has 0 saturated carbocycles. The highest BCUT2D eigenvalue weighted by Gasteiger charge is 2.49. The number of carbonyl (C=O) groups excluding carboxylic acids is 2. The molecule has 1 aliphatic heterocycles. The van der Waals surface area contributed by atoms with Gasteiger partial charge in [-0.3, -0.25) is 10.0 Å². The number of ketones is 1. The summed E-state index contributed by atoms with van der Waals surface area (Å²) in [6.45, 7) is 1.86. The minimum absolute atomic E-state index is 0.0117. The maximum atomic E-state index is 13.2. The van der Waals surface area contributed by atoms with Crippen molar-refractivity contribution < 1.29 is 33.7 Å². The molecule has 0 bridgehead atoms. The molecule has 7 heteroatoms. The standard InChI is InChI=1S/C20H18NO6/c1-3-25-20(23)16-14(11-7-5-4-6-8-11)15-12(17(16)21(2)24)9-13-19(18(15)22)27-10-26-13/h4-9,19,24H,3,10H2,1-2H3/q+1. The molecule has 138 valence electrons. The van der Waals surface area contributed by atoms with Crippen molar-refractivity contribution in [1.29, 1.82) is 0 Å². The number of hydrogen-bond donors (Lipinski definition) is 1. The Balaban J connectivity index is 2.02. The third-order valence-corrected chi connectivity index (χ3v) is 4.62. The number of carbonyl (C=O) groups is 2. The summed E-state index contributed by atoms with van der Waals surface area (Å²) >= 11 is 0. The summed E-state index contributed by atoms with van der Waals surface area (Å²) in [5.41, 5.74) is 2.19. The van der Waals surface area contributed by atoms with E-state index in [0.717, 1.165) is 4.74 Å². The van der Waals surface area contributed by atoms with Crippen LogP contribution in [-0.4, -0.2) is 54.0 Å². The molecule has 1 aromatic rings. The molecule has 1 N–H and O–H groups in total. The van der Waals surface area contributed by atoms with Gasteiger partial charge in [0, 0.05) is 11.1 Å². The van der Waals surface area contributed by atoms with E-state index in [9.17, 15) is 14.8 Å². The molecule has 7 nitrogen and oxygen atoms in total. The van der Waals surface area contributed by atoms with Gasteiger partial charge in [-0.05, 0) is 23.3 Å². The number of benzene rings is 1. The predicted octanol–water partition coefficient (Wildman–Crippen LogP) is 1.63. The first-order chi connectivity index (χ1) is 13.0. The van der Waals surface area contributed by atoms with Crippen LogP contribution < -0.4 is 0 Å². The molecule has 2 aliphatic carbocycles. The van der Waals surface area contributed by atoms with Crippen molar-refractivity contribution in [1.82, 2.24) is 0 Å². The Morgan fingerprint density at radius 3 is 2.70 bits per heavy atom. The molecule has 0 aromatic heterocycles. The second-order valence-electron chi connectivity index (χ2n) is 6.22. The average molecular weight is 368 g/mol. The van der Waals surface area contributed by atoms with Gasteiger partial charge in [-0.25, -0.2) is 4.79 Å². The first-order valence-electron chi connectivity index (χ1n) is 8.56. The second kappa shape index (κ2) is 6.51. The largest absolute Gasteiger partial charge is 0.469 e. The molecule has 27 heavy (non-hydrogen) atoms. The lowest BCUT2D eigenvalue weighted by Crippen LogP contribution is -2.28. The zero-order valence-corrected chi connectivity index (χ0v) is 14.9. The van der Waals surface area contributed by atoms with E-state index in [1.807, 2.05) is 18.2 Å². The van der Waals surface area contributed by atoms with Crippen LogP contribution >= 0.6 is 0 Å². The molecule has 1 saturated heterocycles. The number of nitrogens with zero attached hydrogens (tertiary/aromatic N) is 1. The summed E-state index contributed by atoms with van der Waals surface area (Å²) < 4.78 is 16.8. The lowest BCUT2D eigenvalue weighted by atomic mass is 9.88. The lowest BCUT2D eigenvalue weighted by Gasteiger charge is -2.17. The van der Waals surface area contributed by atoms with Crippen molar-refractivity contribution in [2.24, 2.45) is 0 Å². The number of fused-ring (bicyclic) bond motifs is 1. The highest BCUT2D eigenvalue weighted by atomic mass is 16.7. The van der Waals surface area contributed by atoms with Crippen LogP contribution in [0.25, 0.3) is 5.57 Å². The summed E-state index contributed by atoms with van der Waals surface area (Å²) in [6.07, 6.45) is 0.806. The minimum atomic E-state index is -0.839. The number of rotatable bonds is 3. The van der Waals surface area contributed by atoms with E-state index in [1.54, 1.807) is 25.1 Å². The van der Waals surface area contributed by atoms with Crippen LogP contribution in [0.4, 0.5) is 0 Å². The molecule has 4 rings (SSSR count). The van der Waals surface area contributed by atoms with Gasteiger partial charge < -0.3 is 14.2 Å². The lowest BCUT2D eigenvalue weighted by molar-refractivity contribution is -0.753. The molecule has 0 spiro atoms. The Labute approximate surface area is 155 Å². The Kier molecular flexibility index (Phi) is 4.16. The zero-order chi connectivity index (χ0) is 19.1. The SMILES string of the molecule is CCOC(=O)C1=C(c2ccccc2)C2=C(C=C3OCOC3C2=O)C1=[N+](C)O. The summed E-state index contributed by atoms with van der Waals surface area (Å²) in [5, 5.41) is 10.3. The van der Waals surface area contributed by atoms with E-state index in [-0.39, 0.29) is 30.5 Å². The summed E-state index contributed by atoms with van der Waals surface area (Å²) in [5.74, 6) is -0.548. The zero-order valence-electron chi connectivity index (χ0n) is 14.9. The minimum Gasteiger partial charge on any atom is -0.469 e. The smallest absolute Gasteiger partial charge is 0.345 e. The van der Waals surface area contributed by atoms with E-state index >= 15 is 0 Å². The molecule has 1 atom stereocenters. The van der Waals surface area contributed by atoms with Crippen LogP contribution in [0, 0.1) is 0 Å². The van der Waals surface area contributed by atoms with E-state index < -0.39 is 12.1 Å². The maximum absolute atomic E-state index is 13.2. The summed E-state index contributed by atoms with van der Waals surface area (Å²) in [6, 6.07) is 9.08. The molecule has 1 unspecified atom stereocenters. The van der Waals surface area contributed by atoms with Gasteiger partial charge in [0.15, 0.2) is 19.9 Å². The number of Topliss-reactive ketones (excluding diaryl/α,β-unsaturated/α-hetero) is 1. The fourth-order valence-electron chi connectivity index (χ4n) is 3.58. The fourth-order valence-corrected chi connectivity index (χ4v) is 3.58. The van der Waals surface area contributed by atoms with Crippen molar-refractivity contribution >= 4 is 23.0 Å². The maximum Gasteiger partial charge on any atom is 0.345 e. The fraction of sp³-hybridized carbons (Fsp3) is 0.250. The highest BCUT2D eigenvalue weighted by Crippen LogP contribution is 2.44.